The second kappa shape index (κ2) is 8.25. The number of rotatable bonds is 3. The van der Waals surface area contributed by atoms with Crippen LogP contribution in [0.1, 0.15) is 30.1 Å². The van der Waals surface area contributed by atoms with E-state index in [4.69, 9.17) is 4.74 Å². The molecule has 1 fully saturated rings. The van der Waals surface area contributed by atoms with Crippen molar-refractivity contribution in [3.8, 4) is 0 Å². The molecule has 1 aromatic rings. The summed E-state index contributed by atoms with van der Waals surface area (Å²) in [6, 6.07) is 4.77. The highest BCUT2D eigenvalue weighted by molar-refractivity contribution is 9.10. The lowest BCUT2D eigenvalue weighted by Crippen LogP contribution is -2.44. The van der Waals surface area contributed by atoms with E-state index in [1.54, 1.807) is 19.2 Å². The maximum Gasteiger partial charge on any atom is 0.417 e. The number of carbonyl (C=O) groups excluding carboxylic acids is 3. The molecule has 0 aromatic heterocycles. The SMILES string of the molecule is CC(=O)Nc1cc(Br)ccc1C(=O)OC(=O)N(C)C1CCNCC1. The number of amides is 2. The quantitative estimate of drug-likeness (QED) is 0.603. The molecule has 1 saturated heterocycles. The molecule has 8 heteroatoms. The number of anilines is 1. The van der Waals surface area contributed by atoms with Gasteiger partial charge in [0.25, 0.3) is 0 Å². The monoisotopic (exact) mass is 397 g/mol. The van der Waals surface area contributed by atoms with Crippen molar-refractivity contribution in [3.63, 3.8) is 0 Å². The number of nitrogens with one attached hydrogen (secondary N) is 2. The Morgan fingerprint density at radius 1 is 1.29 bits per heavy atom. The van der Waals surface area contributed by atoms with Crippen LogP contribution >= 0.6 is 15.9 Å². The summed E-state index contributed by atoms with van der Waals surface area (Å²) in [7, 11) is 1.63. The Balaban J connectivity index is 2.08. The Morgan fingerprint density at radius 3 is 2.58 bits per heavy atom. The molecule has 130 valence electrons. The highest BCUT2D eigenvalue weighted by Gasteiger charge is 2.26. The van der Waals surface area contributed by atoms with Crippen LogP contribution in [0.15, 0.2) is 22.7 Å². The molecule has 1 aromatic carbocycles. The molecule has 2 N–H and O–H groups in total. The molecule has 0 saturated carbocycles. The fourth-order valence-corrected chi connectivity index (χ4v) is 2.90. The van der Waals surface area contributed by atoms with Crippen molar-refractivity contribution < 1.29 is 19.1 Å². The first-order valence-corrected chi connectivity index (χ1v) is 8.44. The molecule has 1 heterocycles. The Hall–Kier alpha value is -1.93. The van der Waals surface area contributed by atoms with Gasteiger partial charge < -0.3 is 20.3 Å². The second-order valence-corrected chi connectivity index (χ2v) is 6.53. The second-order valence-electron chi connectivity index (χ2n) is 5.62. The number of piperidine rings is 1. The Labute approximate surface area is 148 Å². The summed E-state index contributed by atoms with van der Waals surface area (Å²) in [6.07, 6.45) is 0.938. The van der Waals surface area contributed by atoms with E-state index in [-0.39, 0.29) is 17.5 Å². The minimum Gasteiger partial charge on any atom is -0.372 e. The van der Waals surface area contributed by atoms with E-state index < -0.39 is 12.1 Å². The summed E-state index contributed by atoms with van der Waals surface area (Å²) in [5, 5.41) is 5.77. The van der Waals surface area contributed by atoms with Crippen LogP contribution in [-0.4, -0.2) is 49.0 Å². The van der Waals surface area contributed by atoms with E-state index >= 15 is 0 Å². The molecule has 1 aliphatic rings. The molecule has 0 unspecified atom stereocenters. The minimum absolute atomic E-state index is 0.0475. The molecule has 1 aliphatic heterocycles. The lowest BCUT2D eigenvalue weighted by Gasteiger charge is -2.30. The zero-order chi connectivity index (χ0) is 17.7. The molecular weight excluding hydrogens is 378 g/mol. The summed E-state index contributed by atoms with van der Waals surface area (Å²) < 4.78 is 5.67. The van der Waals surface area contributed by atoms with Gasteiger partial charge in [0.05, 0.1) is 11.3 Å². The van der Waals surface area contributed by atoms with Gasteiger partial charge in [-0.05, 0) is 44.1 Å². The Morgan fingerprint density at radius 2 is 1.96 bits per heavy atom. The maximum atomic E-state index is 12.3. The third-order valence-corrected chi connectivity index (χ3v) is 4.33. The van der Waals surface area contributed by atoms with E-state index in [9.17, 15) is 14.4 Å². The molecule has 0 bridgehead atoms. The van der Waals surface area contributed by atoms with E-state index in [1.165, 1.54) is 17.9 Å². The Bertz CT molecular complexity index is 644. The highest BCUT2D eigenvalue weighted by Crippen LogP contribution is 2.23. The topological polar surface area (TPSA) is 87.7 Å². The number of benzene rings is 1. The summed E-state index contributed by atoms with van der Waals surface area (Å²) in [5.41, 5.74) is 0.416. The lowest BCUT2D eigenvalue weighted by molar-refractivity contribution is -0.114. The van der Waals surface area contributed by atoms with E-state index in [0.717, 1.165) is 25.9 Å². The van der Waals surface area contributed by atoms with Crippen LogP contribution in [0, 0.1) is 0 Å². The normalized spacial score (nSPS) is 14.8. The summed E-state index contributed by atoms with van der Waals surface area (Å²) in [6.45, 7) is 3.00. The number of nitrogens with zero attached hydrogens (tertiary/aromatic N) is 1. The molecule has 0 atom stereocenters. The van der Waals surface area contributed by atoms with Gasteiger partial charge >= 0.3 is 12.1 Å². The van der Waals surface area contributed by atoms with Crippen molar-refractivity contribution >= 4 is 39.6 Å². The van der Waals surface area contributed by atoms with Gasteiger partial charge in [-0.3, -0.25) is 4.79 Å². The predicted octanol–water partition coefficient (Wildman–Crippen LogP) is 2.37. The van der Waals surface area contributed by atoms with Crippen LogP contribution in [0.5, 0.6) is 0 Å². The fourth-order valence-electron chi connectivity index (χ4n) is 2.54. The number of carbonyl (C=O) groups is 3. The standard InChI is InChI=1S/C16H20BrN3O4/c1-10(21)19-14-9-11(17)3-4-13(14)15(22)24-16(23)20(2)12-5-7-18-8-6-12/h3-4,9,12,18H,5-8H2,1-2H3,(H,19,21). The molecule has 7 nitrogen and oxygen atoms in total. The number of halogens is 1. The molecular formula is C16H20BrN3O4. The molecule has 0 aliphatic carbocycles. The van der Waals surface area contributed by atoms with Gasteiger partial charge in [-0.25, -0.2) is 9.59 Å². The van der Waals surface area contributed by atoms with Gasteiger partial charge in [-0.1, -0.05) is 15.9 Å². The van der Waals surface area contributed by atoms with Crippen LogP contribution in [0.2, 0.25) is 0 Å². The van der Waals surface area contributed by atoms with Gasteiger partial charge in [0.2, 0.25) is 5.91 Å². The first-order valence-electron chi connectivity index (χ1n) is 7.65. The zero-order valence-electron chi connectivity index (χ0n) is 13.6. The maximum absolute atomic E-state index is 12.3. The van der Waals surface area contributed by atoms with Crippen molar-refractivity contribution in [3.05, 3.63) is 28.2 Å². The zero-order valence-corrected chi connectivity index (χ0v) is 15.2. The van der Waals surface area contributed by atoms with Gasteiger partial charge in [0.1, 0.15) is 0 Å². The predicted molar refractivity (Wildman–Crippen MR) is 92.9 cm³/mol. The molecule has 0 radical (unpaired) electrons. The minimum atomic E-state index is -0.794. The van der Waals surface area contributed by atoms with Crippen LogP contribution < -0.4 is 10.6 Å². The smallest absolute Gasteiger partial charge is 0.372 e. The lowest BCUT2D eigenvalue weighted by atomic mass is 10.1. The third-order valence-electron chi connectivity index (χ3n) is 3.84. The molecule has 2 rings (SSSR count). The summed E-state index contributed by atoms with van der Waals surface area (Å²) in [4.78, 5) is 37.2. The van der Waals surface area contributed by atoms with Crippen molar-refractivity contribution in [1.82, 2.24) is 10.2 Å². The largest absolute Gasteiger partial charge is 0.417 e. The van der Waals surface area contributed by atoms with Crippen molar-refractivity contribution in [2.45, 2.75) is 25.8 Å². The van der Waals surface area contributed by atoms with Gasteiger partial charge in [0.15, 0.2) is 0 Å². The highest BCUT2D eigenvalue weighted by atomic mass is 79.9. The van der Waals surface area contributed by atoms with Crippen molar-refractivity contribution in [2.75, 3.05) is 25.5 Å². The van der Waals surface area contributed by atoms with Crippen molar-refractivity contribution in [2.24, 2.45) is 0 Å². The number of esters is 1. The molecule has 0 spiro atoms. The van der Waals surface area contributed by atoms with Crippen LogP contribution in [0.25, 0.3) is 0 Å². The fraction of sp³-hybridized carbons (Fsp3) is 0.438. The number of ether oxygens (including phenoxy) is 1. The van der Waals surface area contributed by atoms with E-state index in [1.807, 2.05) is 0 Å². The van der Waals surface area contributed by atoms with Crippen molar-refractivity contribution in [1.29, 1.82) is 0 Å². The first kappa shape index (κ1) is 18.4. The van der Waals surface area contributed by atoms with Crippen LogP contribution in [0.3, 0.4) is 0 Å². The first-order chi connectivity index (χ1) is 11.4. The van der Waals surface area contributed by atoms with E-state index in [0.29, 0.717) is 10.2 Å². The average Bonchev–Trinajstić information content (AvgIpc) is 2.54. The molecule has 2 amide bonds. The third kappa shape index (κ3) is 4.78. The molecule has 24 heavy (non-hydrogen) atoms. The van der Waals surface area contributed by atoms with Crippen LogP contribution in [0.4, 0.5) is 10.5 Å². The van der Waals surface area contributed by atoms with E-state index in [2.05, 4.69) is 26.6 Å². The Kier molecular flexibility index (Phi) is 6.33. The summed E-state index contributed by atoms with van der Waals surface area (Å²) in [5.74, 6) is -1.11. The van der Waals surface area contributed by atoms with Crippen LogP contribution in [-0.2, 0) is 9.53 Å². The summed E-state index contributed by atoms with van der Waals surface area (Å²) >= 11 is 3.28. The van der Waals surface area contributed by atoms with Gasteiger partial charge in [0, 0.05) is 24.5 Å². The number of hydrogen-bond donors (Lipinski definition) is 2. The average molecular weight is 398 g/mol. The number of hydrogen-bond acceptors (Lipinski definition) is 5. The van der Waals surface area contributed by atoms with Gasteiger partial charge in [-0.2, -0.15) is 0 Å². The van der Waals surface area contributed by atoms with Gasteiger partial charge in [-0.15, -0.1) is 0 Å².